The number of rotatable bonds is 27. The summed E-state index contributed by atoms with van der Waals surface area (Å²) in [4.78, 5) is 86.3. The minimum atomic E-state index is -1.02. The van der Waals surface area contributed by atoms with E-state index in [1.165, 1.54) is 0 Å². The van der Waals surface area contributed by atoms with Gasteiger partial charge in [-0.15, -0.1) is 5.10 Å². The molecule has 0 aliphatic heterocycles. The number of nitrogens with two attached hydrogens (primary N) is 1. The van der Waals surface area contributed by atoms with Crippen molar-refractivity contribution in [2.24, 2.45) is 29.4 Å². The molecule has 1 aromatic heterocycles. The van der Waals surface area contributed by atoms with E-state index in [1.807, 2.05) is 4.68 Å². The van der Waals surface area contributed by atoms with Crippen LogP contribution in [0.5, 0.6) is 0 Å². The lowest BCUT2D eigenvalue weighted by Gasteiger charge is -2.25. The minimum absolute atomic E-state index is 0.0112. The summed E-state index contributed by atoms with van der Waals surface area (Å²) in [5.41, 5.74) is 8.32. The van der Waals surface area contributed by atoms with Crippen molar-refractivity contribution in [1.82, 2.24) is 46.9 Å². The number of aryl methyl sites for hydroxylation is 1. The van der Waals surface area contributed by atoms with Crippen LogP contribution in [0, 0.1) is 23.7 Å². The lowest BCUT2D eigenvalue weighted by Crippen LogP contribution is -2.54. The van der Waals surface area contributed by atoms with E-state index in [9.17, 15) is 33.6 Å². The quantitative estimate of drug-likeness (QED) is 0.0579. The molecule has 5 atom stereocenters. The summed E-state index contributed by atoms with van der Waals surface area (Å²) >= 11 is 0. The zero-order valence-electron chi connectivity index (χ0n) is 37.2. The number of carbonyl (C=O) groups excluding carboxylic acids is 7. The highest BCUT2D eigenvalue weighted by molar-refractivity contribution is 5.98. The molecular weight excluding hydrogens is 835 g/mol. The van der Waals surface area contributed by atoms with Gasteiger partial charge in [-0.2, -0.15) is 0 Å². The second-order valence-electron chi connectivity index (χ2n) is 15.9. The van der Waals surface area contributed by atoms with Crippen molar-refractivity contribution < 1.29 is 52.5 Å². The summed E-state index contributed by atoms with van der Waals surface area (Å²) in [5, 5.41) is 27.3. The lowest BCUT2D eigenvalue weighted by molar-refractivity contribution is -0.132. The fourth-order valence-corrected chi connectivity index (χ4v) is 7.34. The molecule has 1 heterocycles. The number of hydrogen-bond acceptors (Lipinski definition) is 13. The summed E-state index contributed by atoms with van der Waals surface area (Å²) < 4.78 is 23.6. The molecule has 2 aromatic rings. The van der Waals surface area contributed by atoms with Crippen molar-refractivity contribution in [1.29, 1.82) is 0 Å². The van der Waals surface area contributed by atoms with Crippen LogP contribution in [-0.4, -0.2) is 129 Å². The van der Waals surface area contributed by atoms with E-state index in [0.29, 0.717) is 49.2 Å². The Morgan fingerprint density at radius 2 is 1.56 bits per heavy atom. The highest BCUT2D eigenvalue weighted by Gasteiger charge is 2.52. The van der Waals surface area contributed by atoms with Gasteiger partial charge in [-0.3, -0.25) is 19.2 Å². The first-order valence-electron chi connectivity index (χ1n) is 21.9. The Labute approximate surface area is 372 Å². The number of nitrogens with zero attached hydrogens (tertiary/aromatic N) is 3. The van der Waals surface area contributed by atoms with E-state index in [-0.39, 0.29) is 83.1 Å². The number of amides is 8. The fourth-order valence-electron chi connectivity index (χ4n) is 7.34. The van der Waals surface area contributed by atoms with E-state index >= 15 is 0 Å². The summed E-state index contributed by atoms with van der Waals surface area (Å²) in [6.07, 6.45) is 2.16. The largest absolute Gasteiger partial charge is 0.449 e. The van der Waals surface area contributed by atoms with Gasteiger partial charge in [-0.25, -0.2) is 19.1 Å². The van der Waals surface area contributed by atoms with Crippen molar-refractivity contribution in [3.63, 3.8) is 0 Å². The van der Waals surface area contributed by atoms with Gasteiger partial charge >= 0.3 is 18.2 Å². The molecule has 2 aliphatic rings. The van der Waals surface area contributed by atoms with Crippen LogP contribution in [0.4, 0.5) is 20.1 Å². The van der Waals surface area contributed by atoms with Crippen LogP contribution >= 0.6 is 0 Å². The molecule has 1 aromatic carbocycles. The Hall–Kier alpha value is -6.03. The zero-order chi connectivity index (χ0) is 46.4. The number of nitrogens with one attached hydrogen (secondary N) is 7. The number of alkyl carbamates (subject to hydrolysis) is 2. The second-order valence-corrected chi connectivity index (χ2v) is 15.9. The van der Waals surface area contributed by atoms with Crippen molar-refractivity contribution in [3.8, 4) is 0 Å². The van der Waals surface area contributed by atoms with Crippen molar-refractivity contribution in [3.05, 3.63) is 41.2 Å². The first-order valence-corrected chi connectivity index (χ1v) is 21.9. The number of hydrogen-bond donors (Lipinski definition) is 8. The molecule has 1 fully saturated rings. The number of fused-ring (bicyclic) bond motifs is 2. The van der Waals surface area contributed by atoms with Crippen LogP contribution in [0.15, 0.2) is 24.3 Å². The van der Waals surface area contributed by atoms with Crippen molar-refractivity contribution >= 4 is 47.5 Å². The molecule has 8 amide bonds. The van der Waals surface area contributed by atoms with Crippen molar-refractivity contribution in [2.75, 3.05) is 65.0 Å². The third kappa shape index (κ3) is 17.3. The van der Waals surface area contributed by atoms with E-state index in [1.54, 1.807) is 52.1 Å². The van der Waals surface area contributed by atoms with Gasteiger partial charge < -0.3 is 61.9 Å². The summed E-state index contributed by atoms with van der Waals surface area (Å²) in [6, 6.07) is 3.98. The molecule has 0 radical (unpaired) electrons. The highest BCUT2D eigenvalue weighted by atomic mass is 16.6. The number of carbonyl (C=O) groups is 7. The lowest BCUT2D eigenvalue weighted by atomic mass is 10.0. The number of primary amides is 1. The Kier molecular flexibility index (Phi) is 21.0. The van der Waals surface area contributed by atoms with Gasteiger partial charge in [-0.05, 0) is 80.4 Å². The molecule has 0 bridgehead atoms. The maximum absolute atomic E-state index is 13.6. The number of urea groups is 1. The molecule has 0 spiro atoms. The number of ether oxygens (including phenoxy) is 4. The Morgan fingerprint density at radius 3 is 2.27 bits per heavy atom. The third-order valence-electron chi connectivity index (χ3n) is 10.9. The molecule has 22 heteroatoms. The predicted molar refractivity (Wildman–Crippen MR) is 231 cm³/mol. The molecule has 3 unspecified atom stereocenters. The summed E-state index contributed by atoms with van der Waals surface area (Å²) in [5.74, 6) is -0.859. The SMILES string of the molecule is CCNC(=O)OCc1ccc(NC(=O)[C@H](CCCNC(N)=O)NC(=O)[C@@H](NC(=O)CCOCCn2nnc3c2CC2C(CC3)C2COC(=O)NCCOCCC(=O)NC)C(C)C)cc1. The van der Waals surface area contributed by atoms with Gasteiger partial charge in [0.2, 0.25) is 23.6 Å². The molecule has 4 rings (SSSR count). The zero-order valence-corrected chi connectivity index (χ0v) is 37.2. The summed E-state index contributed by atoms with van der Waals surface area (Å²) in [6.45, 7) is 7.95. The molecule has 0 saturated heterocycles. The van der Waals surface area contributed by atoms with Gasteiger partial charge in [-0.1, -0.05) is 31.2 Å². The molecule has 64 heavy (non-hydrogen) atoms. The molecule has 2 aliphatic carbocycles. The molecule has 1 saturated carbocycles. The van der Waals surface area contributed by atoms with Crippen LogP contribution in [-0.2, 0) is 64.1 Å². The van der Waals surface area contributed by atoms with E-state index in [4.69, 9.17) is 24.7 Å². The van der Waals surface area contributed by atoms with Gasteiger partial charge in [0, 0.05) is 45.2 Å². The second kappa shape index (κ2) is 26.6. The first-order chi connectivity index (χ1) is 30.8. The predicted octanol–water partition coefficient (Wildman–Crippen LogP) is 0.874. The van der Waals surface area contributed by atoms with E-state index in [2.05, 4.69) is 47.5 Å². The Morgan fingerprint density at radius 1 is 0.844 bits per heavy atom. The topological polar surface area (TPSA) is 297 Å². The third-order valence-corrected chi connectivity index (χ3v) is 10.9. The van der Waals surface area contributed by atoms with E-state index < -0.39 is 48.0 Å². The van der Waals surface area contributed by atoms with Crippen LogP contribution in [0.25, 0.3) is 0 Å². The normalized spacial score (nSPS) is 17.0. The number of aromatic nitrogens is 3. The molecular formula is C42H65N11O11. The van der Waals surface area contributed by atoms with Crippen LogP contribution < -0.4 is 43.0 Å². The van der Waals surface area contributed by atoms with E-state index in [0.717, 1.165) is 30.7 Å². The van der Waals surface area contributed by atoms with Gasteiger partial charge in [0.25, 0.3) is 0 Å². The maximum atomic E-state index is 13.6. The van der Waals surface area contributed by atoms with Gasteiger partial charge in [0.05, 0.1) is 51.0 Å². The number of anilines is 1. The molecule has 22 nitrogen and oxygen atoms in total. The van der Waals surface area contributed by atoms with Gasteiger partial charge in [0.15, 0.2) is 0 Å². The first kappa shape index (κ1) is 50.6. The van der Waals surface area contributed by atoms with Crippen LogP contribution in [0.3, 0.4) is 0 Å². The number of benzene rings is 1. The van der Waals surface area contributed by atoms with Crippen LogP contribution in [0.1, 0.15) is 69.8 Å². The minimum Gasteiger partial charge on any atom is -0.449 e. The maximum Gasteiger partial charge on any atom is 0.407 e. The summed E-state index contributed by atoms with van der Waals surface area (Å²) in [7, 11) is 1.56. The molecule has 354 valence electrons. The highest BCUT2D eigenvalue weighted by Crippen LogP contribution is 2.53. The average Bonchev–Trinajstić information content (AvgIpc) is 3.85. The average molecular weight is 900 g/mol. The molecule has 9 N–H and O–H groups in total. The van der Waals surface area contributed by atoms with Crippen molar-refractivity contribution in [2.45, 2.75) is 91.0 Å². The standard InChI is InChI=1S/C42H65N11O11/c1-5-45-41(59)63-24-27-8-10-28(11-9-27)48-38(56)33(7-6-16-46-40(43)58)49-39(57)37(26(2)3)50-36(55)15-20-62-22-18-53-34-23-30-29(12-13-32(34)51-52-53)31(30)25-64-42(60)47-17-21-61-19-14-35(54)44-4/h8-11,26,29-31,33,37H,5-7,12-25H2,1-4H3,(H,44,54)(H,45,59)(H,47,60)(H,48,56)(H,49,57)(H,50,55)(H3,43,46,58)/t29?,30?,31?,33-,37-/m0/s1. The fraction of sp³-hybridized carbons (Fsp3) is 0.643. The smallest absolute Gasteiger partial charge is 0.407 e. The van der Waals surface area contributed by atoms with Gasteiger partial charge in [0.1, 0.15) is 18.7 Å². The Balaban J connectivity index is 1.18. The monoisotopic (exact) mass is 899 g/mol. The Bertz CT molecular complexity index is 1860. The van der Waals surface area contributed by atoms with Crippen LogP contribution in [0.2, 0.25) is 0 Å².